The van der Waals surface area contributed by atoms with E-state index in [1.165, 1.54) is 0 Å². The van der Waals surface area contributed by atoms with Crippen LogP contribution < -0.4 is 0 Å². The van der Waals surface area contributed by atoms with Crippen LogP contribution in [0.5, 0.6) is 0 Å². The summed E-state index contributed by atoms with van der Waals surface area (Å²) in [6.07, 6.45) is 5.36. The average molecular weight is 190 g/mol. The third-order valence-electron chi connectivity index (χ3n) is 0.922. The second-order valence-electron chi connectivity index (χ2n) is 2.03. The van der Waals surface area contributed by atoms with Crippen molar-refractivity contribution in [2.75, 3.05) is 12.0 Å². The Kier molecular flexibility index (Phi) is 6.91. The third-order valence-corrected chi connectivity index (χ3v) is 3.14. The Morgan fingerprint density at radius 1 is 1.73 bits per heavy atom. The molecule has 1 N–H and O–H groups in total. The molecule has 1 atom stereocenters. The maximum atomic E-state index is 9.02. The van der Waals surface area contributed by atoms with Crippen molar-refractivity contribution in [1.82, 2.24) is 0 Å². The molecule has 11 heavy (non-hydrogen) atoms. The Balaban J connectivity index is 3.83. The maximum Gasteiger partial charge on any atom is 0.0711 e. The molecule has 0 saturated carbocycles. The molecule has 0 aliphatic carbocycles. The van der Waals surface area contributed by atoms with Crippen LogP contribution in [0.2, 0.25) is 0 Å². The second-order valence-corrected chi connectivity index (χ2v) is 4.20. The normalized spacial score (nSPS) is 14.6. The van der Waals surface area contributed by atoms with Crippen LogP contribution in [-0.4, -0.2) is 23.2 Å². The molecule has 0 rings (SSSR count). The van der Waals surface area contributed by atoms with E-state index in [1.54, 1.807) is 30.4 Å². The number of hydrogen-bond donors (Lipinski definition) is 1. The Bertz CT molecular complexity index is 141. The van der Waals surface area contributed by atoms with E-state index in [0.717, 1.165) is 9.99 Å². The Morgan fingerprint density at radius 2 is 2.36 bits per heavy atom. The van der Waals surface area contributed by atoms with Gasteiger partial charge in [-0.1, -0.05) is 6.08 Å². The molecule has 0 aromatic rings. The van der Waals surface area contributed by atoms with E-state index in [1.807, 2.05) is 18.4 Å². The summed E-state index contributed by atoms with van der Waals surface area (Å²) in [4.78, 5) is 0. The number of hydrogen-bond acceptors (Lipinski definition) is 3. The van der Waals surface area contributed by atoms with Crippen LogP contribution in [0.15, 0.2) is 23.0 Å². The molecule has 0 aromatic carbocycles. The predicted molar refractivity (Wildman–Crippen MR) is 55.9 cm³/mol. The summed E-state index contributed by atoms with van der Waals surface area (Å²) in [6, 6.07) is 0. The SMILES string of the molecule is C=CCS/C(=C/C(C)O)SC. The number of aliphatic hydroxyl groups is 1. The monoisotopic (exact) mass is 190 g/mol. The first kappa shape index (κ1) is 11.1. The lowest BCUT2D eigenvalue weighted by atomic mass is 10.4. The lowest BCUT2D eigenvalue weighted by Crippen LogP contribution is -1.93. The first-order valence-corrected chi connectivity index (χ1v) is 5.59. The molecule has 0 aromatic heterocycles. The van der Waals surface area contributed by atoms with Gasteiger partial charge >= 0.3 is 0 Å². The summed E-state index contributed by atoms with van der Waals surface area (Å²) in [7, 11) is 0. The number of thioether (sulfide) groups is 2. The van der Waals surface area contributed by atoms with Crippen molar-refractivity contribution in [2.45, 2.75) is 13.0 Å². The molecule has 64 valence electrons. The van der Waals surface area contributed by atoms with E-state index in [4.69, 9.17) is 5.11 Å². The van der Waals surface area contributed by atoms with Gasteiger partial charge in [-0.05, 0) is 19.3 Å². The van der Waals surface area contributed by atoms with Gasteiger partial charge < -0.3 is 5.11 Å². The number of rotatable bonds is 5. The highest BCUT2D eigenvalue weighted by molar-refractivity contribution is 8.22. The lowest BCUT2D eigenvalue weighted by molar-refractivity contribution is 0.244. The fourth-order valence-electron chi connectivity index (χ4n) is 0.513. The summed E-state index contributed by atoms with van der Waals surface area (Å²) in [5.74, 6) is 0.902. The fourth-order valence-corrected chi connectivity index (χ4v) is 2.10. The third kappa shape index (κ3) is 6.53. The van der Waals surface area contributed by atoms with Crippen molar-refractivity contribution in [3.63, 3.8) is 0 Å². The highest BCUT2D eigenvalue weighted by Crippen LogP contribution is 2.26. The van der Waals surface area contributed by atoms with Gasteiger partial charge in [-0.25, -0.2) is 0 Å². The number of aliphatic hydroxyl groups excluding tert-OH is 1. The van der Waals surface area contributed by atoms with Gasteiger partial charge in [0.15, 0.2) is 0 Å². The van der Waals surface area contributed by atoms with Gasteiger partial charge in [0.25, 0.3) is 0 Å². The molecular formula is C8H14OS2. The van der Waals surface area contributed by atoms with Gasteiger partial charge in [-0.2, -0.15) is 0 Å². The summed E-state index contributed by atoms with van der Waals surface area (Å²) in [5.41, 5.74) is 0. The molecule has 0 spiro atoms. The van der Waals surface area contributed by atoms with Crippen LogP contribution in [0.4, 0.5) is 0 Å². The molecule has 0 saturated heterocycles. The van der Waals surface area contributed by atoms with Crippen molar-refractivity contribution in [3.8, 4) is 0 Å². The summed E-state index contributed by atoms with van der Waals surface area (Å²) >= 11 is 3.35. The first-order valence-electron chi connectivity index (χ1n) is 3.38. The topological polar surface area (TPSA) is 20.2 Å². The lowest BCUT2D eigenvalue weighted by Gasteiger charge is -2.02. The molecule has 0 heterocycles. The minimum atomic E-state index is -0.352. The van der Waals surface area contributed by atoms with Gasteiger partial charge in [0.2, 0.25) is 0 Å². The molecule has 0 amide bonds. The molecule has 1 unspecified atom stereocenters. The standard InChI is InChI=1S/C8H14OS2/c1-4-5-11-8(10-3)6-7(2)9/h4,6-7,9H,1,5H2,2-3H3/b8-6+. The summed E-state index contributed by atoms with van der Waals surface area (Å²) in [6.45, 7) is 5.38. The zero-order valence-electron chi connectivity index (χ0n) is 6.91. The zero-order valence-corrected chi connectivity index (χ0v) is 8.54. The molecule has 1 nitrogen and oxygen atoms in total. The molecule has 3 heteroatoms. The van der Waals surface area contributed by atoms with Crippen molar-refractivity contribution >= 4 is 23.5 Å². The summed E-state index contributed by atoms with van der Waals surface area (Å²) < 4.78 is 1.15. The smallest absolute Gasteiger partial charge is 0.0711 e. The van der Waals surface area contributed by atoms with Crippen LogP contribution in [0.25, 0.3) is 0 Å². The Labute approximate surface area is 77.0 Å². The quantitative estimate of drug-likeness (QED) is 0.673. The molecule has 0 bridgehead atoms. The van der Waals surface area contributed by atoms with Crippen LogP contribution in [-0.2, 0) is 0 Å². The second kappa shape index (κ2) is 6.83. The largest absolute Gasteiger partial charge is 0.389 e. The van der Waals surface area contributed by atoms with Crippen LogP contribution in [0, 0.1) is 0 Å². The predicted octanol–water partition coefficient (Wildman–Crippen LogP) is 2.49. The van der Waals surface area contributed by atoms with Crippen molar-refractivity contribution < 1.29 is 5.11 Å². The zero-order chi connectivity index (χ0) is 8.69. The van der Waals surface area contributed by atoms with Gasteiger partial charge in [0.05, 0.1) is 6.10 Å². The van der Waals surface area contributed by atoms with Crippen molar-refractivity contribution in [3.05, 3.63) is 23.0 Å². The van der Waals surface area contributed by atoms with Crippen LogP contribution in [0.1, 0.15) is 6.92 Å². The maximum absolute atomic E-state index is 9.02. The highest BCUT2D eigenvalue weighted by Gasteiger charge is 1.96. The van der Waals surface area contributed by atoms with Crippen molar-refractivity contribution in [2.24, 2.45) is 0 Å². The molecular weight excluding hydrogens is 176 g/mol. The fraction of sp³-hybridized carbons (Fsp3) is 0.500. The first-order chi connectivity index (χ1) is 5.20. The Morgan fingerprint density at radius 3 is 2.73 bits per heavy atom. The van der Waals surface area contributed by atoms with E-state index >= 15 is 0 Å². The van der Waals surface area contributed by atoms with E-state index in [0.29, 0.717) is 0 Å². The van der Waals surface area contributed by atoms with E-state index in [9.17, 15) is 0 Å². The van der Waals surface area contributed by atoms with Crippen molar-refractivity contribution in [1.29, 1.82) is 0 Å². The van der Waals surface area contributed by atoms with Gasteiger partial charge in [-0.15, -0.1) is 30.1 Å². The molecule has 0 aliphatic heterocycles. The van der Waals surface area contributed by atoms with E-state index < -0.39 is 0 Å². The molecule has 0 aliphatic rings. The van der Waals surface area contributed by atoms with Gasteiger partial charge in [0.1, 0.15) is 0 Å². The minimum Gasteiger partial charge on any atom is -0.389 e. The van der Waals surface area contributed by atoms with Crippen LogP contribution >= 0.6 is 23.5 Å². The molecule has 0 radical (unpaired) electrons. The van der Waals surface area contributed by atoms with Crippen LogP contribution in [0.3, 0.4) is 0 Å². The highest BCUT2D eigenvalue weighted by atomic mass is 32.2. The van der Waals surface area contributed by atoms with Gasteiger partial charge in [-0.3, -0.25) is 0 Å². The van der Waals surface area contributed by atoms with E-state index in [-0.39, 0.29) is 6.10 Å². The van der Waals surface area contributed by atoms with E-state index in [2.05, 4.69) is 6.58 Å². The average Bonchev–Trinajstić information content (AvgIpc) is 1.97. The molecule has 0 fully saturated rings. The summed E-state index contributed by atoms with van der Waals surface area (Å²) in [5, 5.41) is 9.02. The van der Waals surface area contributed by atoms with Gasteiger partial charge in [0, 0.05) is 9.99 Å². The minimum absolute atomic E-state index is 0.352. The Hall–Kier alpha value is 0.140.